The van der Waals surface area contributed by atoms with Crippen molar-refractivity contribution in [2.75, 3.05) is 19.6 Å². The number of likely N-dealkylation sites (tertiary alicyclic amines) is 1. The third-order valence-electron chi connectivity index (χ3n) is 5.76. The average molecular weight is 389 g/mol. The first-order valence-corrected chi connectivity index (χ1v) is 10.6. The molecule has 4 rings (SSSR count). The Morgan fingerprint density at radius 2 is 1.89 bits per heavy atom. The van der Waals surface area contributed by atoms with Crippen LogP contribution in [-0.2, 0) is 21.4 Å². The molecular weight excluding hydrogens is 366 g/mol. The first-order chi connectivity index (χ1) is 13.0. The monoisotopic (exact) mass is 389 g/mol. The highest BCUT2D eigenvalue weighted by atomic mass is 32.2. The van der Waals surface area contributed by atoms with Crippen LogP contribution in [0, 0.1) is 5.41 Å². The average Bonchev–Trinajstić information content (AvgIpc) is 3.22. The lowest BCUT2D eigenvalue weighted by Gasteiger charge is -2.47. The second kappa shape index (κ2) is 7.05. The maximum absolute atomic E-state index is 12.7. The Labute approximate surface area is 158 Å². The molecule has 27 heavy (non-hydrogen) atoms. The zero-order valence-corrected chi connectivity index (χ0v) is 15.9. The smallest absolute Gasteiger partial charge is 0.246 e. The van der Waals surface area contributed by atoms with Gasteiger partial charge in [0.15, 0.2) is 0 Å². The van der Waals surface area contributed by atoms with Gasteiger partial charge in [-0.3, -0.25) is 14.9 Å². The molecular formula is C18H23N5O3S. The number of carbonyl (C=O) groups excluding carboxylic acids is 1. The molecule has 0 atom stereocenters. The van der Waals surface area contributed by atoms with E-state index in [0.29, 0.717) is 32.6 Å². The molecule has 1 amide bonds. The highest BCUT2D eigenvalue weighted by Gasteiger charge is 2.43. The van der Waals surface area contributed by atoms with Gasteiger partial charge in [-0.05, 0) is 42.4 Å². The van der Waals surface area contributed by atoms with Gasteiger partial charge in [-0.1, -0.05) is 0 Å². The summed E-state index contributed by atoms with van der Waals surface area (Å²) >= 11 is 0. The minimum Gasteiger partial charge on any atom is -0.338 e. The van der Waals surface area contributed by atoms with Gasteiger partial charge in [-0.25, -0.2) is 8.42 Å². The summed E-state index contributed by atoms with van der Waals surface area (Å²) in [4.78, 5) is 18.5. The Morgan fingerprint density at radius 3 is 2.56 bits per heavy atom. The van der Waals surface area contributed by atoms with Crippen LogP contribution >= 0.6 is 0 Å². The van der Waals surface area contributed by atoms with Crippen molar-refractivity contribution in [1.29, 1.82) is 0 Å². The number of nitrogens with zero attached hydrogens (tertiary/aromatic N) is 4. The molecule has 8 nitrogen and oxygen atoms in total. The number of pyridine rings is 1. The first-order valence-electron chi connectivity index (χ1n) is 9.14. The Bertz CT molecular complexity index is 890. The molecule has 1 spiro atoms. The number of hydrogen-bond acceptors (Lipinski definition) is 5. The summed E-state index contributed by atoms with van der Waals surface area (Å²) < 4.78 is 26.9. The van der Waals surface area contributed by atoms with E-state index in [0.717, 1.165) is 24.8 Å². The maximum atomic E-state index is 12.7. The molecule has 2 aliphatic heterocycles. The van der Waals surface area contributed by atoms with Crippen LogP contribution in [0.1, 0.15) is 31.2 Å². The highest BCUT2D eigenvalue weighted by Crippen LogP contribution is 2.41. The normalized spacial score (nSPS) is 20.9. The predicted octanol–water partition coefficient (Wildman–Crippen LogP) is 1.40. The van der Waals surface area contributed by atoms with Crippen LogP contribution in [0.3, 0.4) is 0 Å². The SMILES string of the molecule is O=C1CCC2(CCN(S(=O)(=O)c3cn[nH]c3)CC2)CN1Cc1ccncc1. The van der Waals surface area contributed by atoms with Gasteiger partial charge in [0.2, 0.25) is 15.9 Å². The Morgan fingerprint density at radius 1 is 1.15 bits per heavy atom. The van der Waals surface area contributed by atoms with Crippen molar-refractivity contribution >= 4 is 15.9 Å². The number of carbonyl (C=O) groups is 1. The van der Waals surface area contributed by atoms with E-state index in [1.807, 2.05) is 17.0 Å². The van der Waals surface area contributed by atoms with Crippen molar-refractivity contribution < 1.29 is 13.2 Å². The fourth-order valence-electron chi connectivity index (χ4n) is 4.09. The number of hydrogen-bond donors (Lipinski definition) is 1. The molecule has 2 aromatic heterocycles. The number of rotatable bonds is 4. The molecule has 4 heterocycles. The van der Waals surface area contributed by atoms with Crippen LogP contribution < -0.4 is 0 Å². The van der Waals surface area contributed by atoms with Gasteiger partial charge < -0.3 is 4.90 Å². The van der Waals surface area contributed by atoms with Crippen LogP contribution in [0.15, 0.2) is 41.8 Å². The van der Waals surface area contributed by atoms with E-state index in [4.69, 9.17) is 0 Å². The molecule has 0 aromatic carbocycles. The zero-order valence-electron chi connectivity index (χ0n) is 15.0. The second-order valence-corrected chi connectivity index (χ2v) is 9.38. The first kappa shape index (κ1) is 18.1. The van der Waals surface area contributed by atoms with Crippen molar-refractivity contribution in [3.8, 4) is 0 Å². The zero-order chi connectivity index (χ0) is 18.9. The Kier molecular flexibility index (Phi) is 4.73. The lowest BCUT2D eigenvalue weighted by molar-refractivity contribution is -0.139. The summed E-state index contributed by atoms with van der Waals surface area (Å²) in [6.07, 6.45) is 9.12. The summed E-state index contributed by atoms with van der Waals surface area (Å²) in [5, 5.41) is 6.31. The quantitative estimate of drug-likeness (QED) is 0.852. The molecule has 0 bridgehead atoms. The molecule has 9 heteroatoms. The van der Waals surface area contributed by atoms with Gasteiger partial charge in [0, 0.05) is 51.2 Å². The van der Waals surface area contributed by atoms with Crippen LogP contribution in [0.4, 0.5) is 0 Å². The predicted molar refractivity (Wildman–Crippen MR) is 97.9 cm³/mol. The van der Waals surface area contributed by atoms with E-state index in [1.54, 1.807) is 12.4 Å². The highest BCUT2D eigenvalue weighted by molar-refractivity contribution is 7.89. The Balaban J connectivity index is 1.43. The molecule has 1 N–H and O–H groups in total. The van der Waals surface area contributed by atoms with Gasteiger partial charge in [-0.2, -0.15) is 9.40 Å². The number of aromatic amines is 1. The lowest BCUT2D eigenvalue weighted by Crippen LogP contribution is -2.52. The van der Waals surface area contributed by atoms with E-state index >= 15 is 0 Å². The fraction of sp³-hybridized carbons (Fsp3) is 0.500. The van der Waals surface area contributed by atoms with Gasteiger partial charge in [0.05, 0.1) is 6.20 Å². The second-order valence-electron chi connectivity index (χ2n) is 7.44. The van der Waals surface area contributed by atoms with Crippen LogP contribution in [0.2, 0.25) is 0 Å². The summed E-state index contributed by atoms with van der Waals surface area (Å²) in [6, 6.07) is 3.85. The van der Waals surface area contributed by atoms with Crippen molar-refractivity contribution in [2.45, 2.75) is 37.1 Å². The van der Waals surface area contributed by atoms with Gasteiger partial charge in [0.1, 0.15) is 4.90 Å². The van der Waals surface area contributed by atoms with Crippen LogP contribution in [0.5, 0.6) is 0 Å². The minimum atomic E-state index is -3.49. The largest absolute Gasteiger partial charge is 0.338 e. The van der Waals surface area contributed by atoms with Crippen LogP contribution in [-0.4, -0.2) is 58.3 Å². The lowest BCUT2D eigenvalue weighted by atomic mass is 9.72. The van der Waals surface area contributed by atoms with Gasteiger partial charge in [-0.15, -0.1) is 0 Å². The molecule has 144 valence electrons. The number of H-pyrrole nitrogens is 1. The Hall–Kier alpha value is -2.26. The number of nitrogens with one attached hydrogen (secondary N) is 1. The van der Waals surface area contributed by atoms with E-state index in [1.165, 1.54) is 16.7 Å². The van der Waals surface area contributed by atoms with E-state index in [-0.39, 0.29) is 16.2 Å². The van der Waals surface area contributed by atoms with Crippen molar-refractivity contribution in [3.63, 3.8) is 0 Å². The number of piperidine rings is 2. The number of sulfonamides is 1. The minimum absolute atomic E-state index is 0.00333. The van der Waals surface area contributed by atoms with E-state index < -0.39 is 10.0 Å². The van der Waals surface area contributed by atoms with Gasteiger partial charge in [0.25, 0.3) is 0 Å². The topological polar surface area (TPSA) is 99.3 Å². The van der Waals surface area contributed by atoms with E-state index in [9.17, 15) is 13.2 Å². The van der Waals surface area contributed by atoms with Crippen molar-refractivity contribution in [1.82, 2.24) is 24.4 Å². The van der Waals surface area contributed by atoms with Gasteiger partial charge >= 0.3 is 0 Å². The standard InChI is InChI=1S/C18H23N5O3S/c24-17-1-4-18(14-22(17)13-15-2-7-19-8-3-15)5-9-23(10-6-18)27(25,26)16-11-20-21-12-16/h2-3,7-8,11-12H,1,4-6,9-10,13-14H2,(H,20,21). The summed E-state index contributed by atoms with van der Waals surface area (Å²) in [5.41, 5.74) is 1.07. The molecule has 0 saturated carbocycles. The summed E-state index contributed by atoms with van der Waals surface area (Å²) in [6.45, 7) is 2.23. The number of aromatic nitrogens is 3. The molecule has 0 radical (unpaired) electrons. The fourth-order valence-corrected chi connectivity index (χ4v) is 5.44. The van der Waals surface area contributed by atoms with Crippen LogP contribution in [0.25, 0.3) is 0 Å². The summed E-state index contributed by atoms with van der Waals surface area (Å²) in [5.74, 6) is 0.172. The maximum Gasteiger partial charge on any atom is 0.246 e. The van der Waals surface area contributed by atoms with Crippen molar-refractivity contribution in [3.05, 3.63) is 42.5 Å². The molecule has 2 aromatic rings. The molecule has 2 aliphatic rings. The third kappa shape index (κ3) is 3.61. The molecule has 2 fully saturated rings. The number of amides is 1. The third-order valence-corrected chi connectivity index (χ3v) is 7.63. The molecule has 2 saturated heterocycles. The summed E-state index contributed by atoms with van der Waals surface area (Å²) in [7, 11) is -3.49. The molecule has 0 unspecified atom stereocenters. The molecule has 0 aliphatic carbocycles. The van der Waals surface area contributed by atoms with Crippen molar-refractivity contribution in [2.24, 2.45) is 5.41 Å². The van der Waals surface area contributed by atoms with E-state index in [2.05, 4.69) is 15.2 Å².